The van der Waals surface area contributed by atoms with Crippen LogP contribution in [-0.4, -0.2) is 0 Å². The van der Waals surface area contributed by atoms with Crippen molar-refractivity contribution in [2.45, 2.75) is 6.92 Å². The van der Waals surface area contributed by atoms with Gasteiger partial charge in [0.1, 0.15) is 0 Å². The molecule has 0 rings (SSSR count). The Labute approximate surface area is 37.3 Å². The van der Waals surface area contributed by atoms with E-state index in [0.717, 1.165) is 0 Å². The number of allylic oxidation sites excluding steroid dienone is 1. The quantitative estimate of drug-likeness (QED) is 0.471. The third kappa shape index (κ3) is 4.09. The first-order chi connectivity index (χ1) is 2.41. The van der Waals surface area contributed by atoms with Gasteiger partial charge in [0.2, 0.25) is 0 Å². The second-order valence-electron chi connectivity index (χ2n) is 0.636. The molecule has 0 N–H and O–H groups in total. The fraction of sp³-hybridized carbons (Fsp3) is 0.250. The monoisotopic (exact) mass is 87.0 g/mol. The molecule has 0 heterocycles. The van der Waals surface area contributed by atoms with Crippen molar-refractivity contribution in [3.05, 3.63) is 17.7 Å². The van der Waals surface area contributed by atoms with Crippen LogP contribution in [0.25, 0.3) is 0 Å². The van der Waals surface area contributed by atoms with Crippen molar-refractivity contribution in [1.82, 2.24) is 0 Å². The average Bonchev–Trinajstić information content (AvgIpc) is 1.41. The van der Waals surface area contributed by atoms with Crippen molar-refractivity contribution in [2.24, 2.45) is 0 Å². The number of hydrogen-bond donors (Lipinski definition) is 0. The van der Waals surface area contributed by atoms with Crippen LogP contribution in [0.5, 0.6) is 0 Å². The predicted molar refractivity (Wildman–Crippen MR) is 27.8 cm³/mol. The average molecular weight is 87.2 g/mol. The van der Waals surface area contributed by atoms with Crippen LogP contribution in [0.15, 0.2) is 11.5 Å². The molecular weight excluding hydrogens is 80.1 g/mol. The molecule has 0 spiro atoms. The molecule has 0 unspecified atom stereocenters. The summed E-state index contributed by atoms with van der Waals surface area (Å²) in [5.41, 5.74) is 0. The van der Waals surface area contributed by atoms with E-state index in [1.54, 1.807) is 0 Å². The summed E-state index contributed by atoms with van der Waals surface area (Å²) in [7, 11) is 0. The smallest absolute Gasteiger partial charge is 0.00682 e. The van der Waals surface area contributed by atoms with Gasteiger partial charge in [-0.1, -0.05) is 6.08 Å². The number of rotatable bonds is 1. The molecule has 0 aromatic carbocycles. The van der Waals surface area contributed by atoms with Gasteiger partial charge in [-0.15, -0.1) is 11.8 Å². The molecule has 29 valence electrons. The summed E-state index contributed by atoms with van der Waals surface area (Å²) < 4.78 is 0. The summed E-state index contributed by atoms with van der Waals surface area (Å²) in [5, 5.41) is 1.93. The third-order valence-electron chi connectivity index (χ3n) is 0.232. The molecule has 0 fully saturated rings. The minimum absolute atomic E-state index is 1.47. The van der Waals surface area contributed by atoms with E-state index in [-0.39, 0.29) is 0 Å². The number of thioether (sulfide) groups is 1. The van der Waals surface area contributed by atoms with Crippen LogP contribution in [0.1, 0.15) is 6.92 Å². The molecule has 0 atom stereocenters. The van der Waals surface area contributed by atoms with Gasteiger partial charge in [-0.25, -0.2) is 0 Å². The van der Waals surface area contributed by atoms with E-state index in [2.05, 4.69) is 6.26 Å². The van der Waals surface area contributed by atoms with Gasteiger partial charge in [-0.3, -0.25) is 0 Å². The molecule has 1 radical (unpaired) electrons. The van der Waals surface area contributed by atoms with E-state index in [1.165, 1.54) is 11.8 Å². The van der Waals surface area contributed by atoms with Gasteiger partial charge in [0.25, 0.3) is 0 Å². The molecule has 0 aromatic rings. The van der Waals surface area contributed by atoms with E-state index in [0.29, 0.717) is 0 Å². The van der Waals surface area contributed by atoms with Gasteiger partial charge in [0, 0.05) is 6.26 Å². The summed E-state index contributed by atoms with van der Waals surface area (Å²) in [6.45, 7) is 1.97. The summed E-state index contributed by atoms with van der Waals surface area (Å²) in [5.74, 6) is 0. The van der Waals surface area contributed by atoms with Crippen LogP contribution in [0.4, 0.5) is 0 Å². The summed E-state index contributed by atoms with van der Waals surface area (Å²) in [6.07, 6.45) is 5.46. The van der Waals surface area contributed by atoms with Gasteiger partial charge >= 0.3 is 0 Å². The Morgan fingerprint density at radius 2 is 2.40 bits per heavy atom. The maximum absolute atomic E-state index is 3.51. The highest BCUT2D eigenvalue weighted by atomic mass is 32.2. The lowest BCUT2D eigenvalue weighted by Gasteiger charge is -1.65. The van der Waals surface area contributed by atoms with E-state index in [4.69, 9.17) is 0 Å². The maximum Gasteiger partial charge on any atom is 0.00682 e. The van der Waals surface area contributed by atoms with E-state index in [1.807, 2.05) is 18.4 Å². The largest absolute Gasteiger partial charge is 0.134 e. The minimum atomic E-state index is 1.47. The van der Waals surface area contributed by atoms with Crippen LogP contribution in [0.2, 0.25) is 0 Å². The molecule has 1 heteroatoms. The highest BCUT2D eigenvalue weighted by Crippen LogP contribution is 1.93. The normalized spacial score (nSPS) is 10.0. The predicted octanol–water partition coefficient (Wildman–Crippen LogP) is 2.04. The van der Waals surface area contributed by atoms with E-state index in [9.17, 15) is 0 Å². The van der Waals surface area contributed by atoms with Crippen LogP contribution in [-0.2, 0) is 0 Å². The van der Waals surface area contributed by atoms with Crippen LogP contribution in [0.3, 0.4) is 0 Å². The van der Waals surface area contributed by atoms with Crippen molar-refractivity contribution >= 4 is 11.8 Å². The summed E-state index contributed by atoms with van der Waals surface area (Å²) in [4.78, 5) is 0. The Kier molecular flexibility index (Phi) is 4.16. The fourth-order valence-corrected chi connectivity index (χ4v) is 0.289. The molecule has 0 saturated heterocycles. The molecule has 0 aliphatic carbocycles. The molecule has 0 bridgehead atoms. The molecule has 0 saturated carbocycles. The second-order valence-corrected chi connectivity index (χ2v) is 1.24. The molecule has 5 heavy (non-hydrogen) atoms. The highest BCUT2D eigenvalue weighted by molar-refractivity contribution is 8.03. The zero-order valence-corrected chi connectivity index (χ0v) is 4.09. The highest BCUT2D eigenvalue weighted by Gasteiger charge is 1.51. The standard InChI is InChI=1S/C4H7S/c1-3-4-5-2/h3-4H,2H2,1H3. The lowest BCUT2D eigenvalue weighted by molar-refractivity contribution is 1.79. The first-order valence-electron chi connectivity index (χ1n) is 1.44. The van der Waals surface area contributed by atoms with Crippen LogP contribution < -0.4 is 0 Å². The zero-order valence-electron chi connectivity index (χ0n) is 3.27. The van der Waals surface area contributed by atoms with Crippen molar-refractivity contribution in [1.29, 1.82) is 0 Å². The van der Waals surface area contributed by atoms with Crippen LogP contribution >= 0.6 is 11.8 Å². The van der Waals surface area contributed by atoms with Crippen molar-refractivity contribution < 1.29 is 0 Å². The fourth-order valence-electron chi connectivity index (χ4n) is 0.0962. The lowest BCUT2D eigenvalue weighted by Crippen LogP contribution is -1.30. The van der Waals surface area contributed by atoms with Gasteiger partial charge in [-0.2, -0.15) is 0 Å². The van der Waals surface area contributed by atoms with Crippen molar-refractivity contribution in [3.63, 3.8) is 0 Å². The first-order valence-corrected chi connectivity index (χ1v) is 2.48. The van der Waals surface area contributed by atoms with E-state index >= 15 is 0 Å². The van der Waals surface area contributed by atoms with Gasteiger partial charge in [0.15, 0.2) is 0 Å². The topological polar surface area (TPSA) is 0 Å². The Morgan fingerprint density at radius 3 is 2.40 bits per heavy atom. The third-order valence-corrected chi connectivity index (χ3v) is 0.697. The summed E-state index contributed by atoms with van der Waals surface area (Å²) in [6, 6.07) is 0. The molecule has 0 aliphatic rings. The van der Waals surface area contributed by atoms with Crippen molar-refractivity contribution in [3.8, 4) is 0 Å². The Bertz CT molecular complexity index is 30.6. The lowest BCUT2D eigenvalue weighted by atomic mass is 10.8. The maximum atomic E-state index is 3.51. The Morgan fingerprint density at radius 1 is 1.80 bits per heavy atom. The van der Waals surface area contributed by atoms with E-state index < -0.39 is 0 Å². The van der Waals surface area contributed by atoms with Crippen molar-refractivity contribution in [2.75, 3.05) is 0 Å². The van der Waals surface area contributed by atoms with Gasteiger partial charge in [0.05, 0.1) is 0 Å². The number of hydrogen-bond acceptors (Lipinski definition) is 1. The molecule has 0 aromatic heterocycles. The minimum Gasteiger partial charge on any atom is -0.134 e. The second kappa shape index (κ2) is 4.09. The SMILES string of the molecule is [CH2]SC=CC. The molecule has 0 nitrogen and oxygen atoms in total. The Balaban J connectivity index is 2.62. The van der Waals surface area contributed by atoms with Crippen LogP contribution in [0, 0.1) is 6.26 Å². The summed E-state index contributed by atoms with van der Waals surface area (Å²) >= 11 is 1.47. The first kappa shape index (κ1) is 5.09. The Hall–Kier alpha value is 0.0900. The molecule has 0 aliphatic heterocycles. The molecular formula is C4H7S. The molecule has 0 amide bonds. The van der Waals surface area contributed by atoms with Gasteiger partial charge in [-0.05, 0) is 12.3 Å². The van der Waals surface area contributed by atoms with Gasteiger partial charge < -0.3 is 0 Å². The zero-order chi connectivity index (χ0) is 4.12.